The number of aromatic nitrogens is 1. The lowest BCUT2D eigenvalue weighted by molar-refractivity contribution is -0.137. The van der Waals surface area contributed by atoms with E-state index < -0.39 is 17.9 Å². The molecule has 0 unspecified atom stereocenters. The number of benzene rings is 1. The van der Waals surface area contributed by atoms with Gasteiger partial charge in [-0.2, -0.15) is 0 Å². The number of aryl methyl sites for hydroxylation is 1. The lowest BCUT2D eigenvalue weighted by Gasteiger charge is -2.13. The fourth-order valence-electron chi connectivity index (χ4n) is 3.02. The second kappa shape index (κ2) is 10.1. The normalized spacial score (nSPS) is 10.4. The zero-order valence-electron chi connectivity index (χ0n) is 17.4. The molecule has 0 saturated carbocycles. The van der Waals surface area contributed by atoms with Gasteiger partial charge in [0.25, 0.3) is 0 Å². The van der Waals surface area contributed by atoms with E-state index in [9.17, 15) is 19.2 Å². The average Bonchev–Trinajstić information content (AvgIpc) is 3.05. The van der Waals surface area contributed by atoms with E-state index >= 15 is 0 Å². The zero-order chi connectivity index (χ0) is 22.4. The Kier molecular flexibility index (Phi) is 7.82. The van der Waals surface area contributed by atoms with Gasteiger partial charge < -0.3 is 18.8 Å². The van der Waals surface area contributed by atoms with Gasteiger partial charge in [0, 0.05) is 22.6 Å². The summed E-state index contributed by atoms with van der Waals surface area (Å²) in [6.07, 6.45) is 0. The Hall–Kier alpha value is -3.07. The minimum atomic E-state index is -0.597. The molecular weight excluding hydrogens is 410 g/mol. The first kappa shape index (κ1) is 23.2. The second-order valence-electron chi connectivity index (χ2n) is 6.36. The van der Waals surface area contributed by atoms with Gasteiger partial charge in [0.1, 0.15) is 0 Å². The van der Waals surface area contributed by atoms with Crippen molar-refractivity contribution in [3.8, 4) is 5.69 Å². The number of Topliss-reactive ketones (excluding diaryl/α,β-unsaturated/α-hetero) is 1. The number of esters is 3. The molecule has 0 aliphatic rings. The zero-order valence-corrected chi connectivity index (χ0v) is 18.3. The van der Waals surface area contributed by atoms with Crippen molar-refractivity contribution in [2.24, 2.45) is 0 Å². The maximum absolute atomic E-state index is 12.6. The van der Waals surface area contributed by atoms with Crippen LogP contribution in [0.1, 0.15) is 42.5 Å². The molecule has 0 fully saturated rings. The van der Waals surface area contributed by atoms with Gasteiger partial charge >= 0.3 is 17.9 Å². The van der Waals surface area contributed by atoms with Crippen LogP contribution in [-0.2, 0) is 19.0 Å². The Morgan fingerprint density at radius 1 is 0.833 bits per heavy atom. The standard InChI is InChI=1S/C21H23NO7S/c1-12-6-17(18(23)10-30-11-19(24)27-3)13(2)22(12)16-8-14(20(25)28-4)7-15(9-16)21(26)29-5/h6-9H,10-11H2,1-5H3. The van der Waals surface area contributed by atoms with E-state index in [1.165, 1.54) is 39.2 Å². The lowest BCUT2D eigenvalue weighted by atomic mass is 10.1. The van der Waals surface area contributed by atoms with Crippen LogP contribution in [0, 0.1) is 13.8 Å². The first-order chi connectivity index (χ1) is 14.2. The van der Waals surface area contributed by atoms with Crippen molar-refractivity contribution in [1.82, 2.24) is 4.57 Å². The van der Waals surface area contributed by atoms with Crippen LogP contribution in [-0.4, -0.2) is 61.1 Å². The van der Waals surface area contributed by atoms with Crippen molar-refractivity contribution in [2.45, 2.75) is 13.8 Å². The first-order valence-corrected chi connectivity index (χ1v) is 10.1. The molecule has 1 aromatic carbocycles. The number of hydrogen-bond acceptors (Lipinski definition) is 8. The molecule has 1 aromatic heterocycles. The van der Waals surface area contributed by atoms with E-state index in [1.54, 1.807) is 29.7 Å². The number of carbonyl (C=O) groups excluding carboxylic acids is 4. The Bertz CT molecular complexity index is 959. The number of hydrogen-bond donors (Lipinski definition) is 0. The quantitative estimate of drug-likeness (QED) is 0.356. The molecule has 0 aliphatic heterocycles. The number of ketones is 1. The minimum absolute atomic E-state index is 0.0879. The number of thioether (sulfide) groups is 1. The monoisotopic (exact) mass is 433 g/mol. The van der Waals surface area contributed by atoms with Crippen LogP contribution in [0.3, 0.4) is 0 Å². The van der Waals surface area contributed by atoms with E-state index in [4.69, 9.17) is 9.47 Å². The maximum atomic E-state index is 12.6. The number of methoxy groups -OCH3 is 3. The fraction of sp³-hybridized carbons (Fsp3) is 0.333. The molecule has 1 heterocycles. The fourth-order valence-corrected chi connectivity index (χ4v) is 3.75. The van der Waals surface area contributed by atoms with Crippen molar-refractivity contribution in [3.63, 3.8) is 0 Å². The molecule has 0 N–H and O–H groups in total. The first-order valence-electron chi connectivity index (χ1n) is 8.92. The summed E-state index contributed by atoms with van der Waals surface area (Å²) < 4.78 is 15.9. The number of nitrogens with zero attached hydrogens (tertiary/aromatic N) is 1. The summed E-state index contributed by atoms with van der Waals surface area (Å²) in [6, 6.07) is 6.29. The van der Waals surface area contributed by atoms with Crippen LogP contribution in [0.25, 0.3) is 5.69 Å². The highest BCUT2D eigenvalue weighted by Gasteiger charge is 2.20. The van der Waals surface area contributed by atoms with Crippen LogP contribution in [0.2, 0.25) is 0 Å². The molecular formula is C21H23NO7S. The van der Waals surface area contributed by atoms with Gasteiger partial charge in [-0.1, -0.05) is 0 Å². The summed E-state index contributed by atoms with van der Waals surface area (Å²) in [4.78, 5) is 48.0. The summed E-state index contributed by atoms with van der Waals surface area (Å²) >= 11 is 1.17. The van der Waals surface area contributed by atoms with Crippen LogP contribution in [0.15, 0.2) is 24.3 Å². The highest BCUT2D eigenvalue weighted by atomic mass is 32.2. The minimum Gasteiger partial charge on any atom is -0.468 e. The van der Waals surface area contributed by atoms with Crippen molar-refractivity contribution >= 4 is 35.5 Å². The van der Waals surface area contributed by atoms with Crippen molar-refractivity contribution in [2.75, 3.05) is 32.8 Å². The van der Waals surface area contributed by atoms with E-state index in [0.29, 0.717) is 16.9 Å². The van der Waals surface area contributed by atoms with Crippen LogP contribution >= 0.6 is 11.8 Å². The Labute approximate surface area is 178 Å². The molecule has 0 aliphatic carbocycles. The molecule has 8 nitrogen and oxygen atoms in total. The molecule has 0 atom stereocenters. The second-order valence-corrected chi connectivity index (χ2v) is 7.35. The third-order valence-electron chi connectivity index (χ3n) is 4.43. The largest absolute Gasteiger partial charge is 0.468 e. The predicted molar refractivity (Wildman–Crippen MR) is 112 cm³/mol. The summed E-state index contributed by atoms with van der Waals surface area (Å²) in [6.45, 7) is 3.59. The Balaban J connectivity index is 2.44. The highest BCUT2D eigenvalue weighted by Crippen LogP contribution is 2.25. The van der Waals surface area contributed by atoms with Crippen molar-refractivity contribution in [1.29, 1.82) is 0 Å². The van der Waals surface area contributed by atoms with Gasteiger partial charge in [0.05, 0.1) is 44.0 Å². The SMILES string of the molecule is COC(=O)CSCC(=O)c1cc(C)n(-c2cc(C(=O)OC)cc(C(=O)OC)c2)c1C. The molecule has 30 heavy (non-hydrogen) atoms. The van der Waals surface area contributed by atoms with Gasteiger partial charge in [0.2, 0.25) is 0 Å². The van der Waals surface area contributed by atoms with Crippen LogP contribution in [0.4, 0.5) is 0 Å². The van der Waals surface area contributed by atoms with E-state index in [2.05, 4.69) is 4.74 Å². The van der Waals surface area contributed by atoms with E-state index in [0.717, 1.165) is 5.69 Å². The lowest BCUT2D eigenvalue weighted by Crippen LogP contribution is -2.11. The van der Waals surface area contributed by atoms with Crippen molar-refractivity contribution < 1.29 is 33.4 Å². The van der Waals surface area contributed by atoms with Crippen molar-refractivity contribution in [3.05, 3.63) is 52.3 Å². The predicted octanol–water partition coefficient (Wildman–Crippen LogP) is 2.76. The summed E-state index contributed by atoms with van der Waals surface area (Å²) in [5.74, 6) is -1.52. The summed E-state index contributed by atoms with van der Waals surface area (Å²) in [5.41, 5.74) is 2.77. The van der Waals surface area contributed by atoms with Crippen LogP contribution < -0.4 is 0 Å². The summed E-state index contributed by atoms with van der Waals surface area (Å²) in [5, 5.41) is 0. The van der Waals surface area contributed by atoms with Gasteiger partial charge in [-0.05, 0) is 38.1 Å². The number of ether oxygens (including phenoxy) is 3. The van der Waals surface area contributed by atoms with Gasteiger partial charge in [0.15, 0.2) is 5.78 Å². The summed E-state index contributed by atoms with van der Waals surface area (Å²) in [7, 11) is 3.80. The molecule has 2 aromatic rings. The Morgan fingerprint density at radius 2 is 1.40 bits per heavy atom. The molecule has 0 saturated heterocycles. The maximum Gasteiger partial charge on any atom is 0.337 e. The third kappa shape index (κ3) is 5.10. The molecule has 2 rings (SSSR count). The number of carbonyl (C=O) groups is 4. The topological polar surface area (TPSA) is 101 Å². The molecule has 160 valence electrons. The van der Waals surface area contributed by atoms with E-state index in [-0.39, 0.29) is 28.4 Å². The van der Waals surface area contributed by atoms with Gasteiger partial charge in [-0.3, -0.25) is 9.59 Å². The number of rotatable bonds is 8. The van der Waals surface area contributed by atoms with E-state index in [1.807, 2.05) is 6.92 Å². The Morgan fingerprint density at radius 3 is 1.90 bits per heavy atom. The van der Waals surface area contributed by atoms with Crippen LogP contribution in [0.5, 0.6) is 0 Å². The average molecular weight is 433 g/mol. The van der Waals surface area contributed by atoms with Gasteiger partial charge in [-0.15, -0.1) is 11.8 Å². The van der Waals surface area contributed by atoms with Gasteiger partial charge in [-0.25, -0.2) is 9.59 Å². The molecule has 0 spiro atoms. The third-order valence-corrected chi connectivity index (χ3v) is 5.34. The smallest absolute Gasteiger partial charge is 0.337 e. The molecule has 0 amide bonds. The molecule has 0 radical (unpaired) electrons. The highest BCUT2D eigenvalue weighted by molar-refractivity contribution is 8.00. The molecule has 9 heteroatoms. The molecule has 0 bridgehead atoms.